The molecule has 2 N–H and O–H groups in total. The minimum Gasteiger partial charge on any atom is -0.382 e. The summed E-state index contributed by atoms with van der Waals surface area (Å²) in [5.74, 6) is 1.23. The summed E-state index contributed by atoms with van der Waals surface area (Å²) in [4.78, 5) is 11.0. The molecule has 1 aliphatic heterocycles. The van der Waals surface area contributed by atoms with Crippen LogP contribution in [0.15, 0.2) is 29.2 Å². The maximum atomic E-state index is 5.90. The molecule has 0 spiro atoms. The zero-order chi connectivity index (χ0) is 13.8. The highest BCUT2D eigenvalue weighted by Gasteiger charge is 2.21. The Labute approximate surface area is 123 Å². The van der Waals surface area contributed by atoms with E-state index in [4.69, 9.17) is 5.73 Å². The molecule has 0 saturated carbocycles. The molecule has 2 aromatic heterocycles. The topological polar surface area (TPSA) is 55.0 Å². The second-order valence-corrected chi connectivity index (χ2v) is 6.25. The van der Waals surface area contributed by atoms with Crippen LogP contribution in [0.4, 0.5) is 5.82 Å². The Morgan fingerprint density at radius 3 is 3.05 bits per heavy atom. The third-order valence-corrected chi connectivity index (χ3v) is 4.61. The molecule has 1 saturated heterocycles. The molecule has 1 fully saturated rings. The van der Waals surface area contributed by atoms with Crippen LogP contribution in [0.25, 0.3) is 0 Å². The number of rotatable bonds is 4. The van der Waals surface area contributed by atoms with Crippen LogP contribution >= 0.6 is 11.3 Å². The molecule has 3 heterocycles. The first-order valence-corrected chi connectivity index (χ1v) is 8.04. The Morgan fingerprint density at radius 1 is 1.35 bits per heavy atom. The van der Waals surface area contributed by atoms with Crippen LogP contribution in [0.3, 0.4) is 0 Å². The number of hydrogen-bond acceptors (Lipinski definition) is 5. The van der Waals surface area contributed by atoms with Gasteiger partial charge in [-0.25, -0.2) is 4.98 Å². The van der Waals surface area contributed by atoms with Gasteiger partial charge in [0.15, 0.2) is 0 Å². The van der Waals surface area contributed by atoms with Crippen LogP contribution in [-0.2, 0) is 13.0 Å². The van der Waals surface area contributed by atoms with Gasteiger partial charge in [0.1, 0.15) is 5.82 Å². The van der Waals surface area contributed by atoms with Crippen LogP contribution < -0.4 is 5.73 Å². The molecule has 0 aromatic carbocycles. The zero-order valence-electron chi connectivity index (χ0n) is 11.5. The third-order valence-electron chi connectivity index (χ3n) is 3.88. The molecule has 20 heavy (non-hydrogen) atoms. The molecule has 1 aliphatic rings. The second-order valence-electron chi connectivity index (χ2n) is 5.47. The molecule has 0 aliphatic carbocycles. The number of likely N-dealkylation sites (tertiary alicyclic amines) is 1. The lowest BCUT2D eigenvalue weighted by molar-refractivity contribution is 0.166. The van der Waals surface area contributed by atoms with Crippen molar-refractivity contribution >= 4 is 17.2 Å². The monoisotopic (exact) mass is 288 g/mol. The first-order chi connectivity index (χ1) is 9.81. The maximum Gasteiger partial charge on any atom is 0.145 e. The van der Waals surface area contributed by atoms with Crippen molar-refractivity contribution in [2.45, 2.75) is 25.8 Å². The molecular weight excluding hydrogens is 268 g/mol. The Kier molecular flexibility index (Phi) is 4.28. The van der Waals surface area contributed by atoms with Crippen LogP contribution in [0, 0.1) is 5.92 Å². The van der Waals surface area contributed by atoms with Gasteiger partial charge in [0, 0.05) is 25.5 Å². The average Bonchev–Trinajstić information content (AvgIpc) is 2.95. The highest BCUT2D eigenvalue weighted by Crippen LogP contribution is 2.23. The summed E-state index contributed by atoms with van der Waals surface area (Å²) in [7, 11) is 0. The lowest BCUT2D eigenvalue weighted by Gasteiger charge is -2.32. The Hall–Kier alpha value is -1.46. The van der Waals surface area contributed by atoms with E-state index >= 15 is 0 Å². The van der Waals surface area contributed by atoms with Gasteiger partial charge in [0.05, 0.1) is 5.69 Å². The van der Waals surface area contributed by atoms with Crippen LogP contribution in [0.5, 0.6) is 0 Å². The molecule has 1 atom stereocenters. The van der Waals surface area contributed by atoms with Gasteiger partial charge in [0.2, 0.25) is 0 Å². The fourth-order valence-corrected chi connectivity index (χ4v) is 3.57. The molecular formula is C15H20N4S. The van der Waals surface area contributed by atoms with E-state index in [0.717, 1.165) is 25.2 Å². The smallest absolute Gasteiger partial charge is 0.145 e. The van der Waals surface area contributed by atoms with Crippen LogP contribution in [0.1, 0.15) is 24.1 Å². The molecule has 3 rings (SSSR count). The Balaban J connectivity index is 1.59. The van der Waals surface area contributed by atoms with Crippen molar-refractivity contribution in [3.8, 4) is 0 Å². The molecule has 0 radical (unpaired) electrons. The third kappa shape index (κ3) is 3.35. The van der Waals surface area contributed by atoms with Crippen LogP contribution in [-0.4, -0.2) is 28.0 Å². The predicted molar refractivity (Wildman–Crippen MR) is 82.5 cm³/mol. The largest absolute Gasteiger partial charge is 0.382 e. The van der Waals surface area contributed by atoms with Crippen molar-refractivity contribution in [3.05, 3.63) is 40.5 Å². The van der Waals surface area contributed by atoms with Crippen molar-refractivity contribution in [3.63, 3.8) is 0 Å². The molecule has 106 valence electrons. The van der Waals surface area contributed by atoms with E-state index in [1.54, 1.807) is 23.7 Å². The molecule has 5 heteroatoms. The predicted octanol–water partition coefficient (Wildman–Crippen LogP) is 2.58. The molecule has 0 bridgehead atoms. The van der Waals surface area contributed by atoms with E-state index in [-0.39, 0.29) is 0 Å². The highest BCUT2D eigenvalue weighted by molar-refractivity contribution is 7.07. The summed E-state index contributed by atoms with van der Waals surface area (Å²) in [6.45, 7) is 3.39. The van der Waals surface area contributed by atoms with Gasteiger partial charge < -0.3 is 5.73 Å². The highest BCUT2D eigenvalue weighted by atomic mass is 32.1. The minimum absolute atomic E-state index is 0.586. The number of anilines is 1. The van der Waals surface area contributed by atoms with Gasteiger partial charge in [-0.2, -0.15) is 11.3 Å². The second kappa shape index (κ2) is 6.33. The number of hydrogen-bond donors (Lipinski definition) is 1. The normalized spacial score (nSPS) is 20.1. The number of piperidine rings is 1. The lowest BCUT2D eigenvalue weighted by atomic mass is 9.93. The van der Waals surface area contributed by atoms with E-state index in [1.807, 2.05) is 0 Å². The lowest BCUT2D eigenvalue weighted by Crippen LogP contribution is -2.35. The Morgan fingerprint density at radius 2 is 2.25 bits per heavy atom. The van der Waals surface area contributed by atoms with Gasteiger partial charge in [-0.1, -0.05) is 0 Å². The number of nitrogen functional groups attached to an aromatic ring is 1. The quantitative estimate of drug-likeness (QED) is 0.939. The number of thiophene rings is 1. The van der Waals surface area contributed by atoms with E-state index in [2.05, 4.69) is 31.7 Å². The van der Waals surface area contributed by atoms with Gasteiger partial charge >= 0.3 is 0 Å². The average molecular weight is 288 g/mol. The van der Waals surface area contributed by atoms with Gasteiger partial charge in [-0.05, 0) is 54.1 Å². The summed E-state index contributed by atoms with van der Waals surface area (Å²) >= 11 is 1.77. The Bertz CT molecular complexity index is 541. The zero-order valence-corrected chi connectivity index (χ0v) is 12.4. The molecule has 4 nitrogen and oxygen atoms in total. The fourth-order valence-electron chi connectivity index (χ4n) is 2.91. The number of nitrogens with two attached hydrogens (primary N) is 1. The van der Waals surface area contributed by atoms with E-state index in [1.165, 1.54) is 24.9 Å². The SMILES string of the molecule is Nc1nccnc1C[C@H]1CCCN(Cc2ccsc2)C1. The summed E-state index contributed by atoms with van der Waals surface area (Å²) < 4.78 is 0. The van der Waals surface area contributed by atoms with Gasteiger partial charge in [-0.15, -0.1) is 0 Å². The minimum atomic E-state index is 0.586. The van der Waals surface area contributed by atoms with Crippen molar-refractivity contribution in [2.24, 2.45) is 5.92 Å². The van der Waals surface area contributed by atoms with E-state index < -0.39 is 0 Å². The number of nitrogens with zero attached hydrogens (tertiary/aromatic N) is 3. The molecule has 0 unspecified atom stereocenters. The molecule has 0 amide bonds. The number of aromatic nitrogens is 2. The molecule has 2 aromatic rings. The van der Waals surface area contributed by atoms with Crippen molar-refractivity contribution in [1.82, 2.24) is 14.9 Å². The summed E-state index contributed by atoms with van der Waals surface area (Å²) in [6, 6.07) is 2.22. The first-order valence-electron chi connectivity index (χ1n) is 7.10. The van der Waals surface area contributed by atoms with E-state index in [9.17, 15) is 0 Å². The van der Waals surface area contributed by atoms with E-state index in [0.29, 0.717) is 11.7 Å². The fraction of sp³-hybridized carbons (Fsp3) is 0.467. The van der Waals surface area contributed by atoms with Crippen molar-refractivity contribution in [1.29, 1.82) is 0 Å². The maximum absolute atomic E-state index is 5.90. The van der Waals surface area contributed by atoms with Crippen LogP contribution in [0.2, 0.25) is 0 Å². The van der Waals surface area contributed by atoms with Crippen molar-refractivity contribution in [2.75, 3.05) is 18.8 Å². The van der Waals surface area contributed by atoms with Crippen molar-refractivity contribution < 1.29 is 0 Å². The standard InChI is InChI=1S/C15H20N4S/c16-15-14(17-4-5-18-15)8-12-2-1-6-19(9-12)10-13-3-7-20-11-13/h3-5,7,11-12H,1-2,6,8-10H2,(H2,16,18)/t12-/m1/s1. The van der Waals surface area contributed by atoms with Gasteiger partial charge in [-0.3, -0.25) is 9.88 Å². The summed E-state index contributed by atoms with van der Waals surface area (Å²) in [5, 5.41) is 4.39. The summed E-state index contributed by atoms with van der Waals surface area (Å²) in [6.07, 6.45) is 6.85. The first kappa shape index (κ1) is 13.5. The summed E-state index contributed by atoms with van der Waals surface area (Å²) in [5.41, 5.74) is 8.28. The van der Waals surface area contributed by atoms with Gasteiger partial charge in [0.25, 0.3) is 0 Å².